The molecule has 2 rings (SSSR count). The summed E-state index contributed by atoms with van der Waals surface area (Å²) < 4.78 is 26.2. The van der Waals surface area contributed by atoms with Crippen molar-refractivity contribution >= 4 is 34.6 Å². The Balaban J connectivity index is 2.44. The molecule has 0 radical (unpaired) electrons. The molecule has 29 heavy (non-hydrogen) atoms. The van der Waals surface area contributed by atoms with Crippen LogP contribution >= 0.6 is 11.8 Å². The van der Waals surface area contributed by atoms with Crippen molar-refractivity contribution in [3.63, 3.8) is 0 Å². The maximum atomic E-state index is 11.8. The summed E-state index contributed by atoms with van der Waals surface area (Å²) >= 11 is 1.63. The van der Waals surface area contributed by atoms with Gasteiger partial charge in [0.1, 0.15) is 6.10 Å². The van der Waals surface area contributed by atoms with E-state index in [4.69, 9.17) is 18.0 Å². The van der Waals surface area contributed by atoms with E-state index in [0.29, 0.717) is 6.61 Å². The van der Waals surface area contributed by atoms with Gasteiger partial charge in [0, 0.05) is 17.0 Å². The van der Waals surface area contributed by atoms with Gasteiger partial charge in [0.05, 0.1) is 18.0 Å². The molecule has 0 aromatic carbocycles. The lowest BCUT2D eigenvalue weighted by molar-refractivity contribution is -0.147. The molecule has 2 fully saturated rings. The number of rotatable bonds is 3. The highest BCUT2D eigenvalue weighted by Crippen LogP contribution is 2.57. The Hall–Kier alpha value is 0.134. The second-order valence-electron chi connectivity index (χ2n) is 12.0. The molecule has 0 spiro atoms. The van der Waals surface area contributed by atoms with E-state index in [9.17, 15) is 4.79 Å². The van der Waals surface area contributed by atoms with Gasteiger partial charge in [-0.1, -0.05) is 62.3 Å². The first-order chi connectivity index (χ1) is 12.8. The second kappa shape index (κ2) is 7.92. The Morgan fingerprint density at radius 1 is 1.03 bits per heavy atom. The Bertz CT molecular complexity index is 604. The number of esters is 1. The zero-order valence-corrected chi connectivity index (χ0v) is 23.3. The predicted molar refractivity (Wildman–Crippen MR) is 125 cm³/mol. The van der Waals surface area contributed by atoms with Gasteiger partial charge in [-0.15, -0.1) is 11.8 Å². The molecule has 170 valence electrons. The Morgan fingerprint density at radius 2 is 1.55 bits per heavy atom. The van der Waals surface area contributed by atoms with Gasteiger partial charge >= 0.3 is 14.5 Å². The van der Waals surface area contributed by atoms with Crippen LogP contribution in [-0.2, 0) is 22.8 Å². The summed E-state index contributed by atoms with van der Waals surface area (Å²) in [5, 5.41) is -0.0202. The standard InChI is InChI=1S/C21H42O5SSi2/c1-14(22)24-18-17(25-28(11,12)19(2,3)4)16-15(27-18)13-23-29(26-16,20(5,6)7)21(8,9)10/h15-18H,13H2,1-12H3/t15-,16-,17-,18-/m1/s1. The molecule has 0 amide bonds. The number of carbonyl (C=O) groups excluding carboxylic acids is 1. The lowest BCUT2D eigenvalue weighted by atomic mass is 10.1. The zero-order chi connectivity index (χ0) is 22.6. The Morgan fingerprint density at radius 3 is 1.97 bits per heavy atom. The van der Waals surface area contributed by atoms with Crippen molar-refractivity contribution in [3.05, 3.63) is 0 Å². The quantitative estimate of drug-likeness (QED) is 0.388. The van der Waals surface area contributed by atoms with Crippen LogP contribution in [0.15, 0.2) is 0 Å². The van der Waals surface area contributed by atoms with Gasteiger partial charge in [-0.2, -0.15) is 0 Å². The number of hydrogen-bond donors (Lipinski definition) is 0. The SMILES string of the molecule is CC(=O)O[C@@H]1S[C@@H]2CO[Si](C(C)(C)C)(C(C)(C)C)O[C@H]2[C@H]1O[Si](C)(C)C(C)(C)C. The van der Waals surface area contributed by atoms with Crippen LogP contribution in [0.5, 0.6) is 0 Å². The first-order valence-electron chi connectivity index (χ1n) is 10.6. The fourth-order valence-electron chi connectivity index (χ4n) is 4.21. The number of thioether (sulfide) groups is 1. The highest BCUT2D eigenvalue weighted by molar-refractivity contribution is 8.00. The van der Waals surface area contributed by atoms with E-state index >= 15 is 0 Å². The van der Waals surface area contributed by atoms with E-state index in [0.717, 1.165) is 0 Å². The lowest BCUT2D eigenvalue weighted by Crippen LogP contribution is -2.66. The first-order valence-corrected chi connectivity index (χ1v) is 16.3. The number of carbonyl (C=O) groups is 1. The lowest BCUT2D eigenvalue weighted by Gasteiger charge is -2.54. The fourth-order valence-corrected chi connectivity index (χ4v) is 12.2. The van der Waals surface area contributed by atoms with Gasteiger partial charge in [0.15, 0.2) is 13.8 Å². The van der Waals surface area contributed by atoms with Gasteiger partial charge < -0.3 is 18.0 Å². The summed E-state index contributed by atoms with van der Waals surface area (Å²) in [5.41, 5.74) is -0.357. The maximum Gasteiger partial charge on any atom is 0.349 e. The third-order valence-corrected chi connectivity index (χ3v) is 17.5. The van der Waals surface area contributed by atoms with E-state index in [-0.39, 0.29) is 44.0 Å². The normalized spacial score (nSPS) is 30.8. The molecule has 2 heterocycles. The van der Waals surface area contributed by atoms with E-state index in [2.05, 4.69) is 75.4 Å². The number of ether oxygens (including phenoxy) is 1. The van der Waals surface area contributed by atoms with Crippen LogP contribution in [0.4, 0.5) is 0 Å². The fraction of sp³-hybridized carbons (Fsp3) is 0.952. The van der Waals surface area contributed by atoms with Crippen LogP contribution in [0.25, 0.3) is 0 Å². The second-order valence-corrected chi connectivity index (χ2v) is 22.9. The van der Waals surface area contributed by atoms with Gasteiger partial charge in [0.2, 0.25) is 0 Å². The van der Waals surface area contributed by atoms with Crippen LogP contribution in [-0.4, -0.2) is 52.3 Å². The monoisotopic (exact) mass is 462 g/mol. The predicted octanol–water partition coefficient (Wildman–Crippen LogP) is 5.84. The molecule has 0 unspecified atom stereocenters. The molecule has 0 aliphatic carbocycles. The Kier molecular flexibility index (Phi) is 6.94. The minimum Gasteiger partial charge on any atom is -0.449 e. The van der Waals surface area contributed by atoms with Gasteiger partial charge in [-0.3, -0.25) is 4.79 Å². The molecule has 2 aliphatic heterocycles. The summed E-state index contributed by atoms with van der Waals surface area (Å²) in [6.07, 6.45) is -0.396. The van der Waals surface area contributed by atoms with Crippen LogP contribution in [0.3, 0.4) is 0 Å². The summed E-state index contributed by atoms with van der Waals surface area (Å²) in [6.45, 7) is 26.6. The molecule has 0 aromatic heterocycles. The van der Waals surface area contributed by atoms with Crippen molar-refractivity contribution in [1.29, 1.82) is 0 Å². The van der Waals surface area contributed by atoms with Gasteiger partial charge in [-0.05, 0) is 18.1 Å². The molecule has 2 aliphatic rings. The first kappa shape index (κ1) is 25.4. The van der Waals surface area contributed by atoms with Gasteiger partial charge in [-0.25, -0.2) is 0 Å². The minimum absolute atomic E-state index is 0.0598. The zero-order valence-electron chi connectivity index (χ0n) is 20.5. The molecular weight excluding hydrogens is 420 g/mol. The highest BCUT2D eigenvalue weighted by Gasteiger charge is 2.65. The van der Waals surface area contributed by atoms with Crippen molar-refractivity contribution in [2.24, 2.45) is 0 Å². The minimum atomic E-state index is -2.62. The summed E-state index contributed by atoms with van der Waals surface area (Å²) in [4.78, 5) is 11.8. The molecular formula is C21H42O5SSi2. The van der Waals surface area contributed by atoms with Gasteiger partial charge in [0.25, 0.3) is 0 Å². The van der Waals surface area contributed by atoms with E-state index in [1.165, 1.54) is 6.92 Å². The largest absolute Gasteiger partial charge is 0.449 e. The summed E-state index contributed by atoms with van der Waals surface area (Å²) in [5.74, 6) is -0.277. The average molecular weight is 463 g/mol. The molecule has 8 heteroatoms. The van der Waals surface area contributed by atoms with Crippen molar-refractivity contribution in [1.82, 2.24) is 0 Å². The molecule has 0 aromatic rings. The van der Waals surface area contributed by atoms with E-state index < -0.39 is 16.9 Å². The van der Waals surface area contributed by atoms with Crippen molar-refractivity contribution in [3.8, 4) is 0 Å². The molecule has 2 saturated heterocycles. The maximum absolute atomic E-state index is 11.8. The number of hydrogen-bond acceptors (Lipinski definition) is 6. The molecule has 0 N–H and O–H groups in total. The van der Waals surface area contributed by atoms with E-state index in [1.54, 1.807) is 11.8 Å². The Labute approximate surface area is 184 Å². The topological polar surface area (TPSA) is 54.0 Å². The highest BCUT2D eigenvalue weighted by atomic mass is 32.2. The molecule has 5 nitrogen and oxygen atoms in total. The van der Waals surface area contributed by atoms with Crippen molar-refractivity contribution in [2.45, 2.75) is 120 Å². The van der Waals surface area contributed by atoms with Crippen molar-refractivity contribution < 1.29 is 22.8 Å². The van der Waals surface area contributed by atoms with Crippen molar-refractivity contribution in [2.75, 3.05) is 6.61 Å². The third-order valence-electron chi connectivity index (χ3n) is 6.51. The molecule has 0 saturated carbocycles. The van der Waals surface area contributed by atoms with Crippen LogP contribution in [0.2, 0.25) is 28.2 Å². The number of fused-ring (bicyclic) bond motifs is 1. The summed E-state index contributed by atoms with van der Waals surface area (Å²) in [6, 6.07) is 0. The average Bonchev–Trinajstić information content (AvgIpc) is 2.79. The van der Waals surface area contributed by atoms with Crippen LogP contribution in [0.1, 0.15) is 69.2 Å². The smallest absolute Gasteiger partial charge is 0.349 e. The molecule has 0 bridgehead atoms. The van der Waals surface area contributed by atoms with Crippen LogP contribution in [0, 0.1) is 0 Å². The van der Waals surface area contributed by atoms with Crippen LogP contribution < -0.4 is 0 Å². The molecule has 4 atom stereocenters. The van der Waals surface area contributed by atoms with E-state index in [1.807, 2.05) is 0 Å². The third kappa shape index (κ3) is 4.82. The summed E-state index contributed by atoms with van der Waals surface area (Å²) in [7, 11) is -4.71.